The van der Waals surface area contributed by atoms with Crippen LogP contribution in [0, 0.1) is 12.8 Å². The first-order valence-electron chi connectivity index (χ1n) is 8.04. The molecule has 0 radical (unpaired) electrons. The molecule has 0 bridgehead atoms. The van der Waals surface area contributed by atoms with E-state index >= 15 is 0 Å². The molecule has 1 aliphatic heterocycles. The molecule has 1 aromatic carbocycles. The van der Waals surface area contributed by atoms with E-state index in [1.165, 1.54) is 5.56 Å². The Bertz CT molecular complexity index is 664. The number of likely N-dealkylation sites (tertiary alicyclic amines) is 1. The Hall–Kier alpha value is -1.88. The summed E-state index contributed by atoms with van der Waals surface area (Å²) in [6.45, 7) is 4.83. The molecule has 1 atom stereocenters. The van der Waals surface area contributed by atoms with E-state index in [2.05, 4.69) is 28.3 Å². The fourth-order valence-corrected chi connectivity index (χ4v) is 3.24. The summed E-state index contributed by atoms with van der Waals surface area (Å²) in [4.78, 5) is 22.2. The maximum absolute atomic E-state index is 12.3. The number of imidazole rings is 1. The van der Waals surface area contributed by atoms with Crippen molar-refractivity contribution in [2.24, 2.45) is 5.92 Å². The van der Waals surface area contributed by atoms with E-state index in [0.717, 1.165) is 42.9 Å². The predicted octanol–water partition coefficient (Wildman–Crippen LogP) is 1.87. The van der Waals surface area contributed by atoms with Crippen LogP contribution in [0.25, 0.3) is 11.0 Å². The molecule has 0 aliphatic carbocycles. The first kappa shape index (κ1) is 15.0. The largest absolute Gasteiger partial charge is 0.342 e. The minimum atomic E-state index is 0.246. The van der Waals surface area contributed by atoms with Gasteiger partial charge in [-0.1, -0.05) is 12.1 Å². The summed E-state index contributed by atoms with van der Waals surface area (Å²) < 4.78 is 0. The highest BCUT2D eigenvalue weighted by atomic mass is 16.2. The number of carbonyl (C=O) groups is 1. The quantitative estimate of drug-likeness (QED) is 0.886. The van der Waals surface area contributed by atoms with Crippen LogP contribution >= 0.6 is 0 Å². The van der Waals surface area contributed by atoms with Gasteiger partial charge in [-0.05, 0) is 44.5 Å². The van der Waals surface area contributed by atoms with E-state index in [1.54, 1.807) is 0 Å². The fraction of sp³-hybridized carbons (Fsp3) is 0.529. The number of aryl methyl sites for hydroxylation is 2. The average molecular weight is 300 g/mol. The Morgan fingerprint density at radius 3 is 3.14 bits per heavy atom. The molecule has 5 heteroatoms. The van der Waals surface area contributed by atoms with Crippen molar-refractivity contribution in [3.05, 3.63) is 29.6 Å². The summed E-state index contributed by atoms with van der Waals surface area (Å²) in [5.74, 6) is 1.75. The molecule has 3 rings (SSSR count). The van der Waals surface area contributed by atoms with Gasteiger partial charge in [0.25, 0.3) is 0 Å². The second-order valence-corrected chi connectivity index (χ2v) is 6.21. The third kappa shape index (κ3) is 3.14. The van der Waals surface area contributed by atoms with Crippen LogP contribution in [-0.4, -0.2) is 47.5 Å². The van der Waals surface area contributed by atoms with Gasteiger partial charge in [0, 0.05) is 25.9 Å². The molecule has 118 valence electrons. The van der Waals surface area contributed by atoms with Crippen molar-refractivity contribution in [1.82, 2.24) is 20.2 Å². The zero-order chi connectivity index (χ0) is 15.5. The van der Waals surface area contributed by atoms with Crippen molar-refractivity contribution in [3.8, 4) is 0 Å². The second kappa shape index (κ2) is 6.48. The van der Waals surface area contributed by atoms with Crippen LogP contribution in [0.15, 0.2) is 18.2 Å². The molecule has 5 nitrogen and oxygen atoms in total. The van der Waals surface area contributed by atoms with Crippen LogP contribution in [0.4, 0.5) is 0 Å². The van der Waals surface area contributed by atoms with Gasteiger partial charge in [0.1, 0.15) is 5.82 Å². The third-order valence-corrected chi connectivity index (χ3v) is 4.47. The van der Waals surface area contributed by atoms with Crippen LogP contribution in [0.1, 0.15) is 24.2 Å². The highest BCUT2D eigenvalue weighted by molar-refractivity contribution is 5.79. The molecule has 1 aromatic heterocycles. The highest BCUT2D eigenvalue weighted by Gasteiger charge is 2.25. The van der Waals surface area contributed by atoms with Crippen molar-refractivity contribution >= 4 is 16.9 Å². The van der Waals surface area contributed by atoms with E-state index < -0.39 is 0 Å². The van der Waals surface area contributed by atoms with Gasteiger partial charge < -0.3 is 15.2 Å². The van der Waals surface area contributed by atoms with Crippen molar-refractivity contribution in [1.29, 1.82) is 0 Å². The van der Waals surface area contributed by atoms with Crippen LogP contribution < -0.4 is 5.32 Å². The molecule has 0 spiro atoms. The van der Waals surface area contributed by atoms with Gasteiger partial charge in [0.15, 0.2) is 0 Å². The van der Waals surface area contributed by atoms with Crippen LogP contribution in [0.3, 0.4) is 0 Å². The van der Waals surface area contributed by atoms with Crippen LogP contribution in [0.2, 0.25) is 0 Å². The van der Waals surface area contributed by atoms with E-state index in [4.69, 9.17) is 0 Å². The van der Waals surface area contributed by atoms with Crippen molar-refractivity contribution in [2.75, 3.05) is 26.7 Å². The van der Waals surface area contributed by atoms with Crippen LogP contribution in [-0.2, 0) is 11.2 Å². The lowest BCUT2D eigenvalue weighted by Gasteiger charge is -2.16. The number of amides is 1. The van der Waals surface area contributed by atoms with Gasteiger partial charge in [0.2, 0.25) is 5.91 Å². The third-order valence-electron chi connectivity index (χ3n) is 4.47. The van der Waals surface area contributed by atoms with Gasteiger partial charge in [0.05, 0.1) is 11.0 Å². The first-order valence-corrected chi connectivity index (χ1v) is 8.04. The average Bonchev–Trinajstić information content (AvgIpc) is 3.12. The molecule has 2 aromatic rings. The van der Waals surface area contributed by atoms with E-state index in [-0.39, 0.29) is 5.91 Å². The Morgan fingerprint density at radius 2 is 2.36 bits per heavy atom. The lowest BCUT2D eigenvalue weighted by Crippen LogP contribution is -2.30. The molecule has 2 heterocycles. The van der Waals surface area contributed by atoms with Gasteiger partial charge in [-0.25, -0.2) is 4.98 Å². The van der Waals surface area contributed by atoms with E-state index in [9.17, 15) is 4.79 Å². The van der Waals surface area contributed by atoms with Crippen molar-refractivity contribution in [2.45, 2.75) is 26.2 Å². The summed E-state index contributed by atoms with van der Waals surface area (Å²) in [7, 11) is 1.97. The fourth-order valence-electron chi connectivity index (χ4n) is 3.24. The summed E-state index contributed by atoms with van der Waals surface area (Å²) >= 11 is 0. The Labute approximate surface area is 131 Å². The summed E-state index contributed by atoms with van der Waals surface area (Å²) in [5.41, 5.74) is 3.23. The van der Waals surface area contributed by atoms with E-state index in [1.807, 2.05) is 24.1 Å². The summed E-state index contributed by atoms with van der Waals surface area (Å²) in [5, 5.41) is 3.19. The lowest BCUT2D eigenvalue weighted by atomic mass is 10.1. The molecular weight excluding hydrogens is 276 g/mol. The number of nitrogens with one attached hydrogen (secondary N) is 2. The number of hydrogen-bond donors (Lipinski definition) is 2. The number of carbonyl (C=O) groups excluding carboxylic acids is 1. The Kier molecular flexibility index (Phi) is 4.43. The molecule has 1 amide bonds. The Morgan fingerprint density at radius 1 is 1.50 bits per heavy atom. The monoisotopic (exact) mass is 300 g/mol. The van der Waals surface area contributed by atoms with Crippen molar-refractivity contribution < 1.29 is 4.79 Å². The van der Waals surface area contributed by atoms with Gasteiger partial charge in [-0.2, -0.15) is 0 Å². The van der Waals surface area contributed by atoms with Gasteiger partial charge in [-0.15, -0.1) is 0 Å². The van der Waals surface area contributed by atoms with E-state index in [0.29, 0.717) is 18.8 Å². The van der Waals surface area contributed by atoms with Crippen LogP contribution in [0.5, 0.6) is 0 Å². The lowest BCUT2D eigenvalue weighted by molar-refractivity contribution is -0.130. The maximum atomic E-state index is 12.3. The zero-order valence-corrected chi connectivity index (χ0v) is 13.4. The topological polar surface area (TPSA) is 61.0 Å². The molecule has 1 saturated heterocycles. The molecule has 0 saturated carbocycles. The molecule has 1 aliphatic rings. The van der Waals surface area contributed by atoms with Gasteiger partial charge in [-0.3, -0.25) is 4.79 Å². The smallest absolute Gasteiger partial charge is 0.223 e. The number of hydrogen-bond acceptors (Lipinski definition) is 3. The number of aromatic amines is 1. The van der Waals surface area contributed by atoms with Crippen molar-refractivity contribution in [3.63, 3.8) is 0 Å². The summed E-state index contributed by atoms with van der Waals surface area (Å²) in [6, 6.07) is 6.12. The minimum absolute atomic E-state index is 0.246. The molecule has 1 fully saturated rings. The number of nitrogens with zero attached hydrogens (tertiary/aromatic N) is 2. The number of para-hydroxylation sites is 1. The molecule has 22 heavy (non-hydrogen) atoms. The normalized spacial score (nSPS) is 18.3. The first-order chi connectivity index (χ1) is 10.7. The van der Waals surface area contributed by atoms with Gasteiger partial charge >= 0.3 is 0 Å². The molecule has 2 N–H and O–H groups in total. The molecule has 1 unspecified atom stereocenters. The minimum Gasteiger partial charge on any atom is -0.342 e. The number of benzene rings is 1. The number of aromatic nitrogens is 2. The highest BCUT2D eigenvalue weighted by Crippen LogP contribution is 2.18. The zero-order valence-electron chi connectivity index (χ0n) is 13.4. The maximum Gasteiger partial charge on any atom is 0.223 e. The number of rotatable bonds is 5. The standard InChI is InChI=1S/C17H24N4O/c1-12-4-3-5-14-17(12)20-15(19-14)6-7-16(22)21-9-8-13(11-21)10-18-2/h3-5,13,18H,6-11H2,1-2H3,(H,19,20). The predicted molar refractivity (Wildman–Crippen MR) is 87.8 cm³/mol. The summed E-state index contributed by atoms with van der Waals surface area (Å²) in [6.07, 6.45) is 2.32. The second-order valence-electron chi connectivity index (χ2n) is 6.21. The number of fused-ring (bicyclic) bond motifs is 1. The Balaban J connectivity index is 1.57. The molecular formula is C17H24N4O. The number of H-pyrrole nitrogens is 1. The SMILES string of the molecule is CNCC1CCN(C(=O)CCc2nc3c(C)cccc3[nH]2)C1.